The molecule has 2 aromatic carbocycles. The summed E-state index contributed by atoms with van der Waals surface area (Å²) in [5, 5.41) is 2.89. The molecule has 0 saturated carbocycles. The fourth-order valence-corrected chi connectivity index (χ4v) is 3.25. The van der Waals surface area contributed by atoms with Gasteiger partial charge in [0.25, 0.3) is 5.91 Å². The Labute approximate surface area is 171 Å². The van der Waals surface area contributed by atoms with E-state index in [0.29, 0.717) is 17.2 Å². The Morgan fingerprint density at radius 1 is 1.00 bits per heavy atom. The standard InChI is InChI=1S/C20H26N2O6S/c1-13(14-7-9-15(26-3)10-8-14)21-20(23)16-11-18(27-4)19(28-5)12-17(16)22(2)29(6,24)25/h7-13H,1-6H3,(H,21,23). The molecular formula is C20H26N2O6S. The summed E-state index contributed by atoms with van der Waals surface area (Å²) in [6.07, 6.45) is 1.06. The Morgan fingerprint density at radius 3 is 2.03 bits per heavy atom. The molecule has 2 aromatic rings. The molecular weight excluding hydrogens is 396 g/mol. The lowest BCUT2D eigenvalue weighted by Crippen LogP contribution is -2.31. The van der Waals surface area contributed by atoms with Crippen molar-refractivity contribution in [2.24, 2.45) is 0 Å². The van der Waals surface area contributed by atoms with Crippen molar-refractivity contribution in [3.05, 3.63) is 47.5 Å². The number of anilines is 1. The Hall–Kier alpha value is -2.94. The summed E-state index contributed by atoms with van der Waals surface area (Å²) < 4.78 is 40.9. The van der Waals surface area contributed by atoms with Crippen LogP contribution in [-0.2, 0) is 10.0 Å². The molecule has 1 N–H and O–H groups in total. The minimum absolute atomic E-state index is 0.149. The highest BCUT2D eigenvalue weighted by molar-refractivity contribution is 7.92. The van der Waals surface area contributed by atoms with E-state index in [-0.39, 0.29) is 17.3 Å². The van der Waals surface area contributed by atoms with Gasteiger partial charge in [0.05, 0.1) is 44.9 Å². The molecule has 0 radical (unpaired) electrons. The molecule has 0 heterocycles. The summed E-state index contributed by atoms with van der Waals surface area (Å²) in [6.45, 7) is 1.83. The van der Waals surface area contributed by atoms with Gasteiger partial charge in [0.1, 0.15) is 5.75 Å². The van der Waals surface area contributed by atoms with Crippen molar-refractivity contribution in [1.82, 2.24) is 5.32 Å². The molecule has 2 rings (SSSR count). The number of methoxy groups -OCH3 is 3. The zero-order valence-corrected chi connectivity index (χ0v) is 18.2. The highest BCUT2D eigenvalue weighted by atomic mass is 32.2. The fourth-order valence-electron chi connectivity index (χ4n) is 2.74. The molecule has 0 bridgehead atoms. The lowest BCUT2D eigenvalue weighted by Gasteiger charge is -2.23. The molecule has 1 atom stereocenters. The second kappa shape index (κ2) is 9.04. The van der Waals surface area contributed by atoms with Gasteiger partial charge in [-0.2, -0.15) is 0 Å². The lowest BCUT2D eigenvalue weighted by molar-refractivity contribution is 0.0940. The average Bonchev–Trinajstić information content (AvgIpc) is 2.71. The predicted molar refractivity (Wildman–Crippen MR) is 112 cm³/mol. The van der Waals surface area contributed by atoms with E-state index in [1.165, 1.54) is 33.4 Å². The van der Waals surface area contributed by atoms with Gasteiger partial charge in [-0.05, 0) is 30.7 Å². The van der Waals surface area contributed by atoms with Crippen LogP contribution in [0.4, 0.5) is 5.69 Å². The summed E-state index contributed by atoms with van der Waals surface area (Å²) in [6, 6.07) is 9.91. The number of ether oxygens (including phenoxy) is 3. The lowest BCUT2D eigenvalue weighted by atomic mass is 10.1. The highest BCUT2D eigenvalue weighted by Gasteiger charge is 2.24. The van der Waals surface area contributed by atoms with Crippen molar-refractivity contribution in [1.29, 1.82) is 0 Å². The first-order chi connectivity index (χ1) is 13.6. The van der Waals surface area contributed by atoms with E-state index >= 15 is 0 Å². The van der Waals surface area contributed by atoms with Crippen LogP contribution in [0.15, 0.2) is 36.4 Å². The molecule has 0 aliphatic rings. The first-order valence-corrected chi connectivity index (χ1v) is 10.6. The number of carbonyl (C=O) groups is 1. The van der Waals surface area contributed by atoms with Crippen LogP contribution in [0.25, 0.3) is 0 Å². The molecule has 0 fully saturated rings. The normalized spacial score (nSPS) is 12.1. The topological polar surface area (TPSA) is 94.2 Å². The van der Waals surface area contributed by atoms with Crippen molar-refractivity contribution in [2.75, 3.05) is 38.9 Å². The molecule has 0 spiro atoms. The van der Waals surface area contributed by atoms with Gasteiger partial charge in [-0.25, -0.2) is 8.42 Å². The monoisotopic (exact) mass is 422 g/mol. The van der Waals surface area contributed by atoms with E-state index in [2.05, 4.69) is 5.32 Å². The van der Waals surface area contributed by atoms with Gasteiger partial charge in [0.15, 0.2) is 11.5 Å². The molecule has 0 aliphatic carbocycles. The predicted octanol–water partition coefficient (Wildman–Crippen LogP) is 2.60. The summed E-state index contributed by atoms with van der Waals surface area (Å²) in [5.74, 6) is 0.905. The first-order valence-electron chi connectivity index (χ1n) is 8.77. The van der Waals surface area contributed by atoms with Crippen LogP contribution in [0.3, 0.4) is 0 Å². The van der Waals surface area contributed by atoms with Crippen LogP contribution in [0.1, 0.15) is 28.9 Å². The summed E-state index contributed by atoms with van der Waals surface area (Å²) in [7, 11) is 2.24. The van der Waals surface area contributed by atoms with E-state index < -0.39 is 15.9 Å². The molecule has 0 saturated heterocycles. The third-order valence-electron chi connectivity index (χ3n) is 4.55. The third-order valence-corrected chi connectivity index (χ3v) is 5.74. The summed E-state index contributed by atoms with van der Waals surface area (Å²) >= 11 is 0. The van der Waals surface area contributed by atoms with Crippen LogP contribution in [0, 0.1) is 0 Å². The zero-order valence-electron chi connectivity index (χ0n) is 17.3. The molecule has 158 valence electrons. The number of hydrogen-bond donors (Lipinski definition) is 1. The fraction of sp³-hybridized carbons (Fsp3) is 0.350. The summed E-state index contributed by atoms with van der Waals surface area (Å²) in [5.41, 5.74) is 1.21. The molecule has 0 aromatic heterocycles. The van der Waals surface area contributed by atoms with Crippen molar-refractivity contribution in [2.45, 2.75) is 13.0 Å². The van der Waals surface area contributed by atoms with E-state index in [0.717, 1.165) is 16.1 Å². The third kappa shape index (κ3) is 5.11. The van der Waals surface area contributed by atoms with Gasteiger partial charge in [0.2, 0.25) is 10.0 Å². The minimum atomic E-state index is -3.60. The maximum absolute atomic E-state index is 13.0. The Balaban J connectivity index is 2.43. The van der Waals surface area contributed by atoms with Crippen molar-refractivity contribution in [3.8, 4) is 17.2 Å². The molecule has 8 nitrogen and oxygen atoms in total. The minimum Gasteiger partial charge on any atom is -0.497 e. The smallest absolute Gasteiger partial charge is 0.254 e. The number of amides is 1. The van der Waals surface area contributed by atoms with Crippen molar-refractivity contribution >= 4 is 21.6 Å². The van der Waals surface area contributed by atoms with E-state index in [4.69, 9.17) is 14.2 Å². The molecule has 29 heavy (non-hydrogen) atoms. The number of nitrogens with one attached hydrogen (secondary N) is 1. The van der Waals surface area contributed by atoms with E-state index in [1.807, 2.05) is 19.1 Å². The molecule has 0 aliphatic heterocycles. The first kappa shape index (κ1) is 22.4. The Morgan fingerprint density at radius 2 is 1.55 bits per heavy atom. The average molecular weight is 423 g/mol. The van der Waals surface area contributed by atoms with Crippen LogP contribution in [0.2, 0.25) is 0 Å². The molecule has 1 unspecified atom stereocenters. The highest BCUT2D eigenvalue weighted by Crippen LogP contribution is 2.36. The number of benzene rings is 2. The second-order valence-electron chi connectivity index (χ2n) is 6.42. The van der Waals surface area contributed by atoms with Gasteiger partial charge in [0, 0.05) is 13.1 Å². The van der Waals surface area contributed by atoms with Crippen molar-refractivity contribution < 1.29 is 27.4 Å². The van der Waals surface area contributed by atoms with Gasteiger partial charge in [-0.3, -0.25) is 9.10 Å². The van der Waals surface area contributed by atoms with Crippen LogP contribution >= 0.6 is 0 Å². The SMILES string of the molecule is COc1ccc(C(C)NC(=O)c2cc(OC)c(OC)cc2N(C)S(C)(=O)=O)cc1. The van der Waals surface area contributed by atoms with Crippen molar-refractivity contribution in [3.63, 3.8) is 0 Å². The maximum atomic E-state index is 13.0. The van der Waals surface area contributed by atoms with Crippen LogP contribution < -0.4 is 23.8 Å². The number of nitrogens with zero attached hydrogens (tertiary/aromatic N) is 1. The number of sulfonamides is 1. The second-order valence-corrected chi connectivity index (χ2v) is 8.44. The van der Waals surface area contributed by atoms with Gasteiger partial charge < -0.3 is 19.5 Å². The van der Waals surface area contributed by atoms with E-state index in [9.17, 15) is 13.2 Å². The Bertz CT molecular complexity index is 973. The largest absolute Gasteiger partial charge is 0.497 e. The zero-order chi connectivity index (χ0) is 21.8. The van der Waals surface area contributed by atoms with Gasteiger partial charge in [-0.1, -0.05) is 12.1 Å². The summed E-state index contributed by atoms with van der Waals surface area (Å²) in [4.78, 5) is 13.0. The van der Waals surface area contributed by atoms with Crippen LogP contribution in [-0.4, -0.2) is 49.0 Å². The maximum Gasteiger partial charge on any atom is 0.254 e. The molecule has 9 heteroatoms. The number of carbonyl (C=O) groups excluding carboxylic acids is 1. The van der Waals surface area contributed by atoms with Crippen LogP contribution in [0.5, 0.6) is 17.2 Å². The Kier molecular flexibility index (Phi) is 6.97. The molecule has 1 amide bonds. The van der Waals surface area contributed by atoms with E-state index in [1.54, 1.807) is 19.2 Å². The van der Waals surface area contributed by atoms with Gasteiger partial charge in [-0.15, -0.1) is 0 Å². The number of rotatable bonds is 8. The van der Waals surface area contributed by atoms with Gasteiger partial charge >= 0.3 is 0 Å². The quantitative estimate of drug-likeness (QED) is 0.703. The number of hydrogen-bond acceptors (Lipinski definition) is 6.